The Kier molecular flexibility index (Phi) is 5.44. The van der Waals surface area contributed by atoms with Crippen molar-refractivity contribution in [3.05, 3.63) is 60.0 Å². The molecule has 150 valence electrons. The first kappa shape index (κ1) is 18.9. The van der Waals surface area contributed by atoms with E-state index in [0.29, 0.717) is 24.8 Å². The van der Waals surface area contributed by atoms with Crippen LogP contribution in [0.3, 0.4) is 0 Å². The number of aryl methyl sites for hydroxylation is 1. The van der Waals surface area contributed by atoms with E-state index in [0.717, 1.165) is 22.6 Å². The SMILES string of the molecule is COCc1nc(-c2ccc(OC3CN(C(=O)Nc4cccc(C)c4)C3)cc2)no1. The molecule has 0 aliphatic carbocycles. The van der Waals surface area contributed by atoms with Crippen molar-refractivity contribution in [3.8, 4) is 17.1 Å². The van der Waals surface area contributed by atoms with Gasteiger partial charge in [0.25, 0.3) is 5.89 Å². The van der Waals surface area contributed by atoms with Gasteiger partial charge in [0.15, 0.2) is 0 Å². The molecule has 8 heteroatoms. The molecular formula is C21H22N4O4. The minimum Gasteiger partial charge on any atom is -0.487 e. The molecule has 1 N–H and O–H groups in total. The second kappa shape index (κ2) is 8.32. The van der Waals surface area contributed by atoms with Gasteiger partial charge in [-0.1, -0.05) is 17.3 Å². The summed E-state index contributed by atoms with van der Waals surface area (Å²) in [6, 6.07) is 15.1. The number of likely N-dealkylation sites (tertiary alicyclic amines) is 1. The number of rotatable bonds is 6. The molecule has 1 saturated heterocycles. The molecule has 1 aliphatic rings. The fourth-order valence-corrected chi connectivity index (χ4v) is 3.03. The molecule has 2 amide bonds. The van der Waals surface area contributed by atoms with Gasteiger partial charge in [-0.3, -0.25) is 0 Å². The summed E-state index contributed by atoms with van der Waals surface area (Å²) in [5.41, 5.74) is 2.73. The van der Waals surface area contributed by atoms with Crippen LogP contribution < -0.4 is 10.1 Å². The normalized spacial score (nSPS) is 13.8. The molecule has 0 unspecified atom stereocenters. The van der Waals surface area contributed by atoms with Gasteiger partial charge in [-0.25, -0.2) is 4.79 Å². The number of nitrogens with zero attached hydrogens (tertiary/aromatic N) is 3. The highest BCUT2D eigenvalue weighted by atomic mass is 16.5. The molecule has 4 rings (SSSR count). The average molecular weight is 394 g/mol. The lowest BCUT2D eigenvalue weighted by molar-refractivity contribution is 0.0493. The highest BCUT2D eigenvalue weighted by Crippen LogP contribution is 2.23. The molecule has 1 fully saturated rings. The van der Waals surface area contributed by atoms with E-state index in [-0.39, 0.29) is 18.7 Å². The minimum absolute atomic E-state index is 0.0254. The Hall–Kier alpha value is -3.39. The molecular weight excluding hydrogens is 372 g/mol. The lowest BCUT2D eigenvalue weighted by Gasteiger charge is -2.38. The van der Waals surface area contributed by atoms with E-state index in [1.807, 2.05) is 55.5 Å². The average Bonchev–Trinajstić information content (AvgIpc) is 3.14. The zero-order valence-corrected chi connectivity index (χ0v) is 16.3. The van der Waals surface area contributed by atoms with Crippen LogP contribution in [0.15, 0.2) is 53.1 Å². The number of aromatic nitrogens is 2. The number of hydrogen-bond acceptors (Lipinski definition) is 6. The van der Waals surface area contributed by atoms with Crippen molar-refractivity contribution in [3.63, 3.8) is 0 Å². The number of anilines is 1. The summed E-state index contributed by atoms with van der Waals surface area (Å²) < 4.78 is 16.0. The van der Waals surface area contributed by atoms with Crippen LogP contribution in [0.4, 0.5) is 10.5 Å². The molecule has 2 heterocycles. The molecule has 0 saturated carbocycles. The Morgan fingerprint density at radius 1 is 1.24 bits per heavy atom. The van der Waals surface area contributed by atoms with Crippen molar-refractivity contribution in [1.29, 1.82) is 0 Å². The van der Waals surface area contributed by atoms with Gasteiger partial charge >= 0.3 is 6.03 Å². The third-order valence-corrected chi connectivity index (χ3v) is 4.56. The predicted octanol–water partition coefficient (Wildman–Crippen LogP) is 3.49. The quantitative estimate of drug-likeness (QED) is 0.688. The molecule has 1 aliphatic heterocycles. The van der Waals surface area contributed by atoms with Crippen molar-refractivity contribution in [2.45, 2.75) is 19.6 Å². The highest BCUT2D eigenvalue weighted by Gasteiger charge is 2.32. The maximum Gasteiger partial charge on any atom is 0.322 e. The third kappa shape index (κ3) is 4.55. The molecule has 0 radical (unpaired) electrons. The second-order valence-corrected chi connectivity index (χ2v) is 6.91. The molecule has 3 aromatic rings. The first-order chi connectivity index (χ1) is 14.1. The van der Waals surface area contributed by atoms with Gasteiger partial charge < -0.3 is 24.2 Å². The van der Waals surface area contributed by atoms with Gasteiger partial charge in [0.05, 0.1) is 13.1 Å². The summed E-state index contributed by atoms with van der Waals surface area (Å²) in [6.07, 6.45) is -0.0254. The van der Waals surface area contributed by atoms with Crippen molar-refractivity contribution in [1.82, 2.24) is 15.0 Å². The Bertz CT molecular complexity index is 980. The van der Waals surface area contributed by atoms with Gasteiger partial charge in [0, 0.05) is 18.4 Å². The zero-order valence-electron chi connectivity index (χ0n) is 16.3. The van der Waals surface area contributed by atoms with Crippen LogP contribution in [0.2, 0.25) is 0 Å². The largest absolute Gasteiger partial charge is 0.487 e. The van der Waals surface area contributed by atoms with Crippen LogP contribution in [-0.2, 0) is 11.3 Å². The van der Waals surface area contributed by atoms with Crippen molar-refractivity contribution in [2.24, 2.45) is 0 Å². The Morgan fingerprint density at radius 3 is 2.76 bits per heavy atom. The van der Waals surface area contributed by atoms with Crippen molar-refractivity contribution >= 4 is 11.7 Å². The first-order valence-electron chi connectivity index (χ1n) is 9.32. The summed E-state index contributed by atoms with van der Waals surface area (Å²) in [4.78, 5) is 18.3. The summed E-state index contributed by atoms with van der Waals surface area (Å²) in [7, 11) is 1.57. The fraction of sp³-hybridized carbons (Fsp3) is 0.286. The van der Waals surface area contributed by atoms with Crippen LogP contribution in [0.25, 0.3) is 11.4 Å². The minimum atomic E-state index is -0.116. The van der Waals surface area contributed by atoms with Crippen molar-refractivity contribution < 1.29 is 18.8 Å². The van der Waals surface area contributed by atoms with E-state index >= 15 is 0 Å². The number of carbonyl (C=O) groups is 1. The Labute approximate surface area is 168 Å². The number of benzene rings is 2. The van der Waals surface area contributed by atoms with Gasteiger partial charge in [-0.15, -0.1) is 0 Å². The van der Waals surface area contributed by atoms with Crippen LogP contribution >= 0.6 is 0 Å². The Balaban J connectivity index is 1.27. The van der Waals surface area contributed by atoms with E-state index in [1.54, 1.807) is 12.0 Å². The summed E-state index contributed by atoms with van der Waals surface area (Å²) >= 11 is 0. The Morgan fingerprint density at radius 2 is 2.03 bits per heavy atom. The molecule has 2 aromatic carbocycles. The highest BCUT2D eigenvalue weighted by molar-refractivity contribution is 5.90. The third-order valence-electron chi connectivity index (χ3n) is 4.56. The second-order valence-electron chi connectivity index (χ2n) is 6.91. The standard InChI is InChI=1S/C21H22N4O4/c1-14-4-3-5-16(10-14)22-21(26)25-11-18(12-25)28-17-8-6-15(7-9-17)20-23-19(13-27-2)29-24-20/h3-10,18H,11-13H2,1-2H3,(H,22,26). The maximum absolute atomic E-state index is 12.3. The number of hydrogen-bond donors (Lipinski definition) is 1. The van der Waals surface area contributed by atoms with Crippen LogP contribution in [-0.4, -0.2) is 47.4 Å². The molecule has 0 atom stereocenters. The summed E-state index contributed by atoms with van der Waals surface area (Å²) in [6.45, 7) is 3.37. The first-order valence-corrected chi connectivity index (χ1v) is 9.32. The zero-order chi connectivity index (χ0) is 20.2. The van der Waals surface area contributed by atoms with Gasteiger partial charge in [0.1, 0.15) is 18.5 Å². The number of ether oxygens (including phenoxy) is 2. The molecule has 0 spiro atoms. The van der Waals surface area contributed by atoms with E-state index in [1.165, 1.54) is 0 Å². The predicted molar refractivity (Wildman–Crippen MR) is 107 cm³/mol. The number of nitrogens with one attached hydrogen (secondary N) is 1. The van der Waals surface area contributed by atoms with Gasteiger partial charge in [-0.05, 0) is 48.9 Å². The van der Waals surface area contributed by atoms with Crippen LogP contribution in [0.5, 0.6) is 5.75 Å². The van der Waals surface area contributed by atoms with Gasteiger partial charge in [-0.2, -0.15) is 4.98 Å². The topological polar surface area (TPSA) is 89.7 Å². The lowest BCUT2D eigenvalue weighted by atomic mass is 10.1. The van der Waals surface area contributed by atoms with Gasteiger partial charge in [0.2, 0.25) is 5.82 Å². The van der Waals surface area contributed by atoms with E-state index in [4.69, 9.17) is 14.0 Å². The van der Waals surface area contributed by atoms with E-state index < -0.39 is 0 Å². The van der Waals surface area contributed by atoms with Crippen molar-refractivity contribution in [2.75, 3.05) is 25.5 Å². The maximum atomic E-state index is 12.3. The molecule has 0 bridgehead atoms. The molecule has 29 heavy (non-hydrogen) atoms. The number of methoxy groups -OCH3 is 1. The number of urea groups is 1. The molecule has 8 nitrogen and oxygen atoms in total. The van der Waals surface area contributed by atoms with Crippen LogP contribution in [0, 0.1) is 6.92 Å². The monoisotopic (exact) mass is 394 g/mol. The van der Waals surface area contributed by atoms with E-state index in [9.17, 15) is 4.79 Å². The number of amides is 2. The lowest BCUT2D eigenvalue weighted by Crippen LogP contribution is -2.57. The summed E-state index contributed by atoms with van der Waals surface area (Å²) in [5.74, 6) is 1.67. The summed E-state index contributed by atoms with van der Waals surface area (Å²) in [5, 5.41) is 6.84. The molecule has 1 aromatic heterocycles. The fourth-order valence-electron chi connectivity index (χ4n) is 3.03. The van der Waals surface area contributed by atoms with Crippen LogP contribution in [0.1, 0.15) is 11.5 Å². The number of carbonyl (C=O) groups excluding carboxylic acids is 1. The smallest absolute Gasteiger partial charge is 0.322 e. The van der Waals surface area contributed by atoms with E-state index in [2.05, 4.69) is 15.5 Å².